The fourth-order valence-electron chi connectivity index (χ4n) is 2.20. The van der Waals surface area contributed by atoms with Gasteiger partial charge in [-0.25, -0.2) is 4.98 Å². The Labute approximate surface area is 115 Å². The van der Waals surface area contributed by atoms with Crippen molar-refractivity contribution in [2.45, 2.75) is 27.3 Å². The number of anilines is 1. The van der Waals surface area contributed by atoms with Gasteiger partial charge >= 0.3 is 0 Å². The summed E-state index contributed by atoms with van der Waals surface area (Å²) >= 11 is 0. The van der Waals surface area contributed by atoms with Crippen LogP contribution in [0.25, 0.3) is 0 Å². The highest BCUT2D eigenvalue weighted by molar-refractivity contribution is 5.34. The van der Waals surface area contributed by atoms with Crippen LogP contribution in [-0.2, 0) is 6.54 Å². The smallest absolute Gasteiger partial charge is 0.293 e. The van der Waals surface area contributed by atoms with Gasteiger partial charge in [0.2, 0.25) is 0 Å². The van der Waals surface area contributed by atoms with E-state index in [-0.39, 0.29) is 5.56 Å². The van der Waals surface area contributed by atoms with E-state index in [1.54, 1.807) is 17.0 Å². The molecule has 5 nitrogen and oxygen atoms in total. The van der Waals surface area contributed by atoms with Gasteiger partial charge in [-0.2, -0.15) is 0 Å². The number of nitrogens with one attached hydrogen (secondary N) is 1. The largest absolute Gasteiger partial charge is 0.355 e. The minimum Gasteiger partial charge on any atom is -0.355 e. The normalized spacial score (nSPS) is 12.7. The van der Waals surface area contributed by atoms with Gasteiger partial charge in [0.05, 0.1) is 0 Å². The molecule has 0 saturated heterocycles. The van der Waals surface area contributed by atoms with Crippen molar-refractivity contribution in [1.82, 2.24) is 14.9 Å². The van der Waals surface area contributed by atoms with Crippen molar-refractivity contribution in [3.8, 4) is 0 Å². The van der Waals surface area contributed by atoms with E-state index < -0.39 is 0 Å². The summed E-state index contributed by atoms with van der Waals surface area (Å²) in [6.45, 7) is 8.83. The van der Waals surface area contributed by atoms with Crippen molar-refractivity contribution < 1.29 is 0 Å². The molecular weight excluding hydrogens is 240 g/mol. The summed E-state index contributed by atoms with van der Waals surface area (Å²) in [7, 11) is 3.86. The second-order valence-electron chi connectivity index (χ2n) is 5.65. The van der Waals surface area contributed by atoms with Gasteiger partial charge in [0.1, 0.15) is 0 Å². The second kappa shape index (κ2) is 7.28. The summed E-state index contributed by atoms with van der Waals surface area (Å²) < 4.78 is 1.74. The molecule has 108 valence electrons. The quantitative estimate of drug-likeness (QED) is 0.805. The Hall–Kier alpha value is -1.36. The molecule has 0 fully saturated rings. The monoisotopic (exact) mass is 266 g/mol. The minimum atomic E-state index is -0.00430. The molecule has 1 rings (SSSR count). The molecule has 1 unspecified atom stereocenters. The highest BCUT2D eigenvalue weighted by Crippen LogP contribution is 2.05. The van der Waals surface area contributed by atoms with Gasteiger partial charge in [-0.15, -0.1) is 0 Å². The van der Waals surface area contributed by atoms with Crippen LogP contribution in [-0.4, -0.2) is 36.7 Å². The fourth-order valence-corrected chi connectivity index (χ4v) is 2.20. The number of rotatable bonds is 7. The predicted octanol–water partition coefficient (Wildman–Crippen LogP) is 1.19. The van der Waals surface area contributed by atoms with Gasteiger partial charge in [-0.3, -0.25) is 4.79 Å². The number of hydrogen-bond acceptors (Lipinski definition) is 4. The standard InChI is InChI=1S/C14H26N4O/c1-11(2)9-18-7-6-16-13(14(18)19)17(5)10-12(3)8-15-4/h6-7,11-12,15H,8-10H2,1-5H3. The highest BCUT2D eigenvalue weighted by Gasteiger charge is 2.13. The average molecular weight is 266 g/mol. The van der Waals surface area contributed by atoms with Crippen LogP contribution in [0, 0.1) is 11.8 Å². The topological polar surface area (TPSA) is 50.2 Å². The molecule has 19 heavy (non-hydrogen) atoms. The minimum absolute atomic E-state index is 0.00430. The van der Waals surface area contributed by atoms with Gasteiger partial charge in [0, 0.05) is 32.5 Å². The Morgan fingerprint density at radius 2 is 2.11 bits per heavy atom. The molecule has 0 aliphatic carbocycles. The summed E-state index contributed by atoms with van der Waals surface area (Å²) in [5, 5.41) is 3.15. The third-order valence-corrected chi connectivity index (χ3v) is 2.96. The Morgan fingerprint density at radius 1 is 1.42 bits per heavy atom. The van der Waals surface area contributed by atoms with Gasteiger partial charge < -0.3 is 14.8 Å². The van der Waals surface area contributed by atoms with Gasteiger partial charge in [-0.1, -0.05) is 20.8 Å². The van der Waals surface area contributed by atoms with Crippen LogP contribution in [0.1, 0.15) is 20.8 Å². The van der Waals surface area contributed by atoms with Crippen LogP contribution >= 0.6 is 0 Å². The van der Waals surface area contributed by atoms with E-state index >= 15 is 0 Å². The molecule has 0 aromatic carbocycles. The van der Waals surface area contributed by atoms with Crippen molar-refractivity contribution in [2.75, 3.05) is 32.1 Å². The zero-order valence-corrected chi connectivity index (χ0v) is 12.7. The zero-order chi connectivity index (χ0) is 14.4. The van der Waals surface area contributed by atoms with Crippen LogP contribution in [0.3, 0.4) is 0 Å². The third kappa shape index (κ3) is 4.67. The van der Waals surface area contributed by atoms with E-state index in [1.165, 1.54) is 0 Å². The Bertz CT molecular complexity index is 441. The molecule has 0 aliphatic rings. The van der Waals surface area contributed by atoms with Crippen molar-refractivity contribution in [1.29, 1.82) is 0 Å². The first kappa shape index (κ1) is 15.7. The zero-order valence-electron chi connectivity index (χ0n) is 12.7. The Kier molecular flexibility index (Phi) is 6.02. The lowest BCUT2D eigenvalue weighted by molar-refractivity contribution is 0.504. The van der Waals surface area contributed by atoms with Crippen molar-refractivity contribution in [2.24, 2.45) is 11.8 Å². The fraction of sp³-hybridized carbons (Fsp3) is 0.714. The molecule has 5 heteroatoms. The maximum Gasteiger partial charge on any atom is 0.293 e. The Morgan fingerprint density at radius 3 is 2.68 bits per heavy atom. The van der Waals surface area contributed by atoms with Gasteiger partial charge in [0.15, 0.2) is 5.82 Å². The summed E-state index contributed by atoms with van der Waals surface area (Å²) in [6.07, 6.45) is 3.47. The molecule has 0 spiro atoms. The molecule has 1 atom stereocenters. The molecular formula is C14H26N4O. The van der Waals surface area contributed by atoms with Crippen LogP contribution in [0.4, 0.5) is 5.82 Å². The van der Waals surface area contributed by atoms with Crippen LogP contribution in [0.2, 0.25) is 0 Å². The van der Waals surface area contributed by atoms with Crippen LogP contribution in [0.15, 0.2) is 17.2 Å². The summed E-state index contributed by atoms with van der Waals surface area (Å²) in [5.41, 5.74) is -0.00430. The Balaban J connectivity index is 2.85. The maximum absolute atomic E-state index is 12.3. The van der Waals surface area contributed by atoms with Gasteiger partial charge in [0.25, 0.3) is 5.56 Å². The lowest BCUT2D eigenvalue weighted by atomic mass is 10.1. The van der Waals surface area contributed by atoms with Crippen molar-refractivity contribution in [3.63, 3.8) is 0 Å². The summed E-state index contributed by atoms with van der Waals surface area (Å²) in [5.74, 6) is 1.45. The van der Waals surface area contributed by atoms with Crippen molar-refractivity contribution in [3.05, 3.63) is 22.7 Å². The van der Waals surface area contributed by atoms with Crippen molar-refractivity contribution >= 4 is 5.82 Å². The maximum atomic E-state index is 12.3. The lowest BCUT2D eigenvalue weighted by Crippen LogP contribution is -2.35. The second-order valence-corrected chi connectivity index (χ2v) is 5.65. The molecule has 0 saturated carbocycles. The molecule has 0 aliphatic heterocycles. The SMILES string of the molecule is CNCC(C)CN(C)c1nccn(CC(C)C)c1=O. The number of hydrogen-bond donors (Lipinski definition) is 1. The van der Waals surface area contributed by atoms with E-state index in [4.69, 9.17) is 0 Å². The third-order valence-electron chi connectivity index (χ3n) is 2.96. The highest BCUT2D eigenvalue weighted by atomic mass is 16.1. The van der Waals surface area contributed by atoms with E-state index in [2.05, 4.69) is 31.1 Å². The van der Waals surface area contributed by atoms with Gasteiger partial charge in [-0.05, 0) is 25.4 Å². The van der Waals surface area contributed by atoms with Crippen LogP contribution < -0.4 is 15.8 Å². The molecule has 1 aromatic rings. The van der Waals surface area contributed by atoms with Crippen LogP contribution in [0.5, 0.6) is 0 Å². The molecule has 1 N–H and O–H groups in total. The van der Waals surface area contributed by atoms with E-state index in [0.717, 1.165) is 19.6 Å². The summed E-state index contributed by atoms with van der Waals surface area (Å²) in [4.78, 5) is 18.5. The first-order valence-electron chi connectivity index (χ1n) is 6.86. The van der Waals surface area contributed by atoms with E-state index in [9.17, 15) is 4.79 Å². The summed E-state index contributed by atoms with van der Waals surface area (Å²) in [6, 6.07) is 0. The first-order chi connectivity index (χ1) is 8.95. The number of aromatic nitrogens is 2. The molecule has 0 radical (unpaired) electrons. The molecule has 1 aromatic heterocycles. The van der Waals surface area contributed by atoms with E-state index in [0.29, 0.717) is 17.7 Å². The first-order valence-corrected chi connectivity index (χ1v) is 6.86. The lowest BCUT2D eigenvalue weighted by Gasteiger charge is -2.22. The number of nitrogens with zero attached hydrogens (tertiary/aromatic N) is 3. The predicted molar refractivity (Wildman–Crippen MR) is 79.7 cm³/mol. The average Bonchev–Trinajstić information content (AvgIpc) is 2.31. The molecule has 0 amide bonds. The van der Waals surface area contributed by atoms with E-state index in [1.807, 2.05) is 19.0 Å². The molecule has 1 heterocycles. The molecule has 0 bridgehead atoms.